The van der Waals surface area contributed by atoms with Crippen LogP contribution in [0.1, 0.15) is 25.1 Å². The number of aromatic nitrogens is 6. The van der Waals surface area contributed by atoms with E-state index >= 15 is 0 Å². The largest absolute Gasteiger partial charge is 0.356 e. The summed E-state index contributed by atoms with van der Waals surface area (Å²) in [6, 6.07) is 1.98. The lowest BCUT2D eigenvalue weighted by atomic mass is 9.78. The molecule has 0 aromatic carbocycles. The van der Waals surface area contributed by atoms with Crippen LogP contribution in [-0.4, -0.2) is 62.3 Å². The highest BCUT2D eigenvalue weighted by atomic mass is 19.3. The summed E-state index contributed by atoms with van der Waals surface area (Å²) in [7, 11) is 0. The first-order chi connectivity index (χ1) is 14.5. The molecular weight excluding hydrogens is 390 g/mol. The molecule has 30 heavy (non-hydrogen) atoms. The summed E-state index contributed by atoms with van der Waals surface area (Å²) in [5, 5.41) is 4.00. The van der Waals surface area contributed by atoms with Crippen molar-refractivity contribution in [2.45, 2.75) is 39.2 Å². The molecular formula is C20H24F2N8. The number of hydrogen-bond donors (Lipinski definition) is 0. The molecule has 2 aliphatic rings. The second-order valence-corrected chi connectivity index (χ2v) is 8.28. The van der Waals surface area contributed by atoms with Crippen molar-refractivity contribution >= 4 is 22.8 Å². The van der Waals surface area contributed by atoms with Crippen LogP contribution >= 0.6 is 0 Å². The number of aryl methyl sites for hydroxylation is 1. The number of alkyl halides is 2. The maximum atomic E-state index is 12.8. The quantitative estimate of drug-likeness (QED) is 0.650. The minimum absolute atomic E-state index is 0.282. The lowest BCUT2D eigenvalue weighted by Crippen LogP contribution is -2.42. The third kappa shape index (κ3) is 3.54. The number of piperidine rings is 1. The van der Waals surface area contributed by atoms with Crippen LogP contribution in [0.3, 0.4) is 0 Å². The van der Waals surface area contributed by atoms with Crippen LogP contribution in [0.4, 0.5) is 20.4 Å². The molecule has 0 N–H and O–H groups in total. The molecule has 8 nitrogen and oxygen atoms in total. The molecule has 0 aliphatic carbocycles. The monoisotopic (exact) mass is 414 g/mol. The summed E-state index contributed by atoms with van der Waals surface area (Å²) >= 11 is 0. The van der Waals surface area contributed by atoms with Crippen LogP contribution in [0.25, 0.3) is 11.2 Å². The van der Waals surface area contributed by atoms with Crippen molar-refractivity contribution in [3.63, 3.8) is 0 Å². The van der Waals surface area contributed by atoms with Crippen molar-refractivity contribution in [1.29, 1.82) is 0 Å². The van der Waals surface area contributed by atoms with Crippen LogP contribution in [0.5, 0.6) is 0 Å². The summed E-state index contributed by atoms with van der Waals surface area (Å²) in [6.07, 6.45) is 5.82. The Labute approximate surface area is 173 Å². The predicted octanol–water partition coefficient (Wildman–Crippen LogP) is 2.69. The van der Waals surface area contributed by atoms with Crippen LogP contribution < -0.4 is 9.80 Å². The van der Waals surface area contributed by atoms with E-state index in [0.717, 1.165) is 62.9 Å². The third-order valence-electron chi connectivity index (χ3n) is 6.32. The Hall–Kier alpha value is -2.91. The SMILES string of the molecule is Cc1nccc(N2CCC3(CCN(c4cnc5cnn(CC(F)F)c5n4)CC3)C2)n1. The molecule has 2 fully saturated rings. The van der Waals surface area contributed by atoms with Crippen molar-refractivity contribution in [2.24, 2.45) is 5.41 Å². The maximum absolute atomic E-state index is 12.8. The van der Waals surface area contributed by atoms with Gasteiger partial charge in [-0.25, -0.2) is 33.4 Å². The van der Waals surface area contributed by atoms with Crippen LogP contribution in [0.15, 0.2) is 24.7 Å². The molecule has 2 saturated heterocycles. The Balaban J connectivity index is 1.28. The van der Waals surface area contributed by atoms with E-state index in [-0.39, 0.29) is 5.41 Å². The fourth-order valence-corrected chi connectivity index (χ4v) is 4.63. The molecule has 0 saturated carbocycles. The molecule has 0 radical (unpaired) electrons. The standard InChI is InChI=1S/C20H24F2N8/c1-14-23-6-2-17(26-14)29-9-5-20(13-29)3-7-28(8-4-20)18-11-24-15-10-25-30(12-16(21)22)19(15)27-18/h2,6,10-11,16H,3-5,7-9,12-13H2,1H3. The predicted molar refractivity (Wildman–Crippen MR) is 109 cm³/mol. The van der Waals surface area contributed by atoms with Crippen LogP contribution in [-0.2, 0) is 6.54 Å². The Morgan fingerprint density at radius 3 is 2.50 bits per heavy atom. The molecule has 2 aliphatic heterocycles. The van der Waals surface area contributed by atoms with Gasteiger partial charge >= 0.3 is 0 Å². The lowest BCUT2D eigenvalue weighted by Gasteiger charge is -2.39. The van der Waals surface area contributed by atoms with Crippen molar-refractivity contribution in [3.05, 3.63) is 30.5 Å². The molecule has 0 atom stereocenters. The van der Waals surface area contributed by atoms with Crippen LogP contribution in [0.2, 0.25) is 0 Å². The van der Waals surface area contributed by atoms with Gasteiger partial charge in [0.2, 0.25) is 0 Å². The van der Waals surface area contributed by atoms with Gasteiger partial charge in [0.1, 0.15) is 29.5 Å². The zero-order valence-corrected chi connectivity index (χ0v) is 16.9. The Kier molecular flexibility index (Phi) is 4.71. The third-order valence-corrected chi connectivity index (χ3v) is 6.32. The number of rotatable bonds is 4. The number of anilines is 2. The van der Waals surface area contributed by atoms with Gasteiger partial charge in [-0.3, -0.25) is 0 Å². The van der Waals surface area contributed by atoms with E-state index in [4.69, 9.17) is 0 Å². The molecule has 5 rings (SSSR count). The second kappa shape index (κ2) is 7.41. The molecule has 3 aromatic heterocycles. The first kappa shape index (κ1) is 19.1. The topological polar surface area (TPSA) is 75.9 Å². The van der Waals surface area contributed by atoms with Gasteiger partial charge in [0.15, 0.2) is 5.65 Å². The normalized spacial score (nSPS) is 18.8. The summed E-state index contributed by atoms with van der Waals surface area (Å²) in [5.74, 6) is 2.53. The Morgan fingerprint density at radius 1 is 1.00 bits per heavy atom. The molecule has 0 amide bonds. The molecule has 5 heterocycles. The van der Waals surface area contributed by atoms with E-state index in [0.29, 0.717) is 11.2 Å². The second-order valence-electron chi connectivity index (χ2n) is 8.28. The van der Waals surface area contributed by atoms with Crippen molar-refractivity contribution in [3.8, 4) is 0 Å². The fourth-order valence-electron chi connectivity index (χ4n) is 4.63. The lowest BCUT2D eigenvalue weighted by molar-refractivity contribution is 0.123. The zero-order chi connectivity index (χ0) is 20.7. The highest BCUT2D eigenvalue weighted by Crippen LogP contribution is 2.42. The van der Waals surface area contributed by atoms with Gasteiger partial charge in [-0.15, -0.1) is 0 Å². The minimum atomic E-state index is -2.47. The van der Waals surface area contributed by atoms with Crippen LogP contribution in [0, 0.1) is 12.3 Å². The maximum Gasteiger partial charge on any atom is 0.258 e. The average Bonchev–Trinajstić information content (AvgIpc) is 3.33. The molecule has 3 aromatic rings. The number of halogens is 2. The first-order valence-electron chi connectivity index (χ1n) is 10.3. The van der Waals surface area contributed by atoms with E-state index in [1.165, 1.54) is 10.9 Å². The van der Waals surface area contributed by atoms with Gasteiger partial charge in [-0.1, -0.05) is 0 Å². The smallest absolute Gasteiger partial charge is 0.258 e. The highest BCUT2D eigenvalue weighted by molar-refractivity contribution is 5.71. The Bertz CT molecular complexity index is 1040. The van der Waals surface area contributed by atoms with Crippen molar-refractivity contribution in [1.82, 2.24) is 29.7 Å². The van der Waals surface area contributed by atoms with E-state index in [1.807, 2.05) is 19.2 Å². The number of hydrogen-bond acceptors (Lipinski definition) is 7. The van der Waals surface area contributed by atoms with Gasteiger partial charge in [0.05, 0.1) is 12.4 Å². The number of fused-ring (bicyclic) bond motifs is 1. The van der Waals surface area contributed by atoms with E-state index < -0.39 is 13.0 Å². The first-order valence-corrected chi connectivity index (χ1v) is 10.3. The summed E-state index contributed by atoms with van der Waals surface area (Å²) in [6.45, 7) is 5.21. The highest BCUT2D eigenvalue weighted by Gasteiger charge is 2.41. The molecule has 0 bridgehead atoms. The molecule has 158 valence electrons. The average molecular weight is 414 g/mol. The summed E-state index contributed by atoms with van der Waals surface area (Å²) in [5.41, 5.74) is 1.24. The van der Waals surface area contributed by atoms with E-state index in [1.54, 1.807) is 6.20 Å². The van der Waals surface area contributed by atoms with Crippen molar-refractivity contribution < 1.29 is 8.78 Å². The van der Waals surface area contributed by atoms with E-state index in [9.17, 15) is 8.78 Å². The minimum Gasteiger partial charge on any atom is -0.356 e. The van der Waals surface area contributed by atoms with Gasteiger partial charge in [-0.2, -0.15) is 5.10 Å². The van der Waals surface area contributed by atoms with Gasteiger partial charge in [0.25, 0.3) is 6.43 Å². The summed E-state index contributed by atoms with van der Waals surface area (Å²) < 4.78 is 26.8. The summed E-state index contributed by atoms with van der Waals surface area (Å²) in [4.78, 5) is 22.3. The zero-order valence-electron chi connectivity index (χ0n) is 16.9. The van der Waals surface area contributed by atoms with Gasteiger partial charge in [-0.05, 0) is 37.7 Å². The Morgan fingerprint density at radius 2 is 1.77 bits per heavy atom. The fraction of sp³-hybridized carbons (Fsp3) is 0.550. The molecule has 0 unspecified atom stereocenters. The van der Waals surface area contributed by atoms with Gasteiger partial charge in [0, 0.05) is 32.4 Å². The molecule has 1 spiro atoms. The van der Waals surface area contributed by atoms with E-state index in [2.05, 4.69) is 34.8 Å². The van der Waals surface area contributed by atoms with Gasteiger partial charge < -0.3 is 9.80 Å². The molecule has 10 heteroatoms. The number of nitrogens with zero attached hydrogens (tertiary/aromatic N) is 8. The van der Waals surface area contributed by atoms with Crippen molar-refractivity contribution in [2.75, 3.05) is 36.0 Å².